The first-order valence-electron chi connectivity index (χ1n) is 8.40. The largest absolute Gasteiger partial charge is 0.351 e. The van der Waals surface area contributed by atoms with Crippen LogP contribution < -0.4 is 5.32 Å². The van der Waals surface area contributed by atoms with Crippen molar-refractivity contribution in [3.05, 3.63) is 57.8 Å². The molecular weight excluding hydrogens is 336 g/mol. The second kappa shape index (κ2) is 8.07. The van der Waals surface area contributed by atoms with Crippen LogP contribution in [0, 0.1) is 0 Å². The number of benzene rings is 1. The molecule has 2 heterocycles. The highest BCUT2D eigenvalue weighted by Gasteiger charge is 2.20. The average molecular weight is 356 g/mol. The lowest BCUT2D eigenvalue weighted by Gasteiger charge is -2.15. The summed E-state index contributed by atoms with van der Waals surface area (Å²) in [6, 6.07) is 10.3. The highest BCUT2D eigenvalue weighted by atomic mass is 32.1. The summed E-state index contributed by atoms with van der Waals surface area (Å²) in [6.45, 7) is 1.89. The highest BCUT2D eigenvalue weighted by Crippen LogP contribution is 2.18. The molecule has 6 heteroatoms. The normalized spacial score (nSPS) is 13.7. The summed E-state index contributed by atoms with van der Waals surface area (Å²) in [7, 11) is 0. The van der Waals surface area contributed by atoms with Crippen molar-refractivity contribution in [1.82, 2.24) is 10.2 Å². The number of carbonyl (C=O) groups excluding carboxylic acids is 3. The van der Waals surface area contributed by atoms with E-state index >= 15 is 0 Å². The van der Waals surface area contributed by atoms with Gasteiger partial charge in [0.25, 0.3) is 5.91 Å². The van der Waals surface area contributed by atoms with E-state index in [2.05, 4.69) is 5.32 Å². The average Bonchev–Trinajstić information content (AvgIpc) is 3.34. The third-order valence-electron chi connectivity index (χ3n) is 4.24. The Morgan fingerprint density at radius 2 is 1.72 bits per heavy atom. The predicted molar refractivity (Wildman–Crippen MR) is 97.0 cm³/mol. The molecule has 2 aromatic rings. The summed E-state index contributed by atoms with van der Waals surface area (Å²) in [6.07, 6.45) is 2.39. The number of nitrogens with zero attached hydrogens (tertiary/aromatic N) is 1. The van der Waals surface area contributed by atoms with Crippen molar-refractivity contribution < 1.29 is 14.4 Å². The molecule has 0 unspecified atom stereocenters. The van der Waals surface area contributed by atoms with Gasteiger partial charge in [0.05, 0.1) is 10.4 Å². The second-order valence-corrected chi connectivity index (χ2v) is 6.89. The summed E-state index contributed by atoms with van der Waals surface area (Å²) in [5, 5.41) is 4.59. The lowest BCUT2D eigenvalue weighted by molar-refractivity contribution is -0.129. The van der Waals surface area contributed by atoms with Gasteiger partial charge in [-0.05, 0) is 30.4 Å². The van der Waals surface area contributed by atoms with Crippen molar-refractivity contribution in [3.63, 3.8) is 0 Å². The molecule has 1 aromatic heterocycles. The molecule has 1 N–H and O–H groups in total. The van der Waals surface area contributed by atoms with E-state index in [0.717, 1.165) is 25.9 Å². The molecule has 0 atom stereocenters. The quantitative estimate of drug-likeness (QED) is 0.810. The van der Waals surface area contributed by atoms with Gasteiger partial charge in [-0.1, -0.05) is 24.3 Å². The molecule has 1 aromatic carbocycles. The molecule has 1 aliphatic rings. The zero-order valence-corrected chi connectivity index (χ0v) is 14.7. The summed E-state index contributed by atoms with van der Waals surface area (Å²) in [4.78, 5) is 39.5. The number of carbonyl (C=O) groups is 3. The Balaban J connectivity index is 1.62. The maximum atomic E-state index is 12.6. The molecule has 2 amide bonds. The fourth-order valence-electron chi connectivity index (χ4n) is 2.92. The lowest BCUT2D eigenvalue weighted by Crippen LogP contribution is -2.33. The molecule has 0 radical (unpaired) electrons. The van der Waals surface area contributed by atoms with E-state index in [1.807, 2.05) is 16.3 Å². The van der Waals surface area contributed by atoms with Crippen LogP contribution in [0.15, 0.2) is 41.8 Å². The maximum Gasteiger partial charge on any atom is 0.252 e. The molecule has 5 nitrogen and oxygen atoms in total. The van der Waals surface area contributed by atoms with Gasteiger partial charge in [-0.2, -0.15) is 0 Å². The summed E-state index contributed by atoms with van der Waals surface area (Å²) >= 11 is 1.35. The van der Waals surface area contributed by atoms with Crippen molar-refractivity contribution in [1.29, 1.82) is 0 Å². The Bertz CT molecular complexity index is 765. The number of nitrogens with one attached hydrogen (secondary N) is 1. The number of amides is 2. The van der Waals surface area contributed by atoms with Gasteiger partial charge >= 0.3 is 0 Å². The third-order valence-corrected chi connectivity index (χ3v) is 5.11. The number of hydrogen-bond acceptors (Lipinski definition) is 4. The number of thiophene rings is 1. The van der Waals surface area contributed by atoms with Crippen molar-refractivity contribution >= 4 is 28.9 Å². The van der Waals surface area contributed by atoms with Crippen LogP contribution in [0.1, 0.15) is 44.9 Å². The summed E-state index contributed by atoms with van der Waals surface area (Å²) < 4.78 is 0. The predicted octanol–water partition coefficient (Wildman–Crippen LogP) is 2.72. The van der Waals surface area contributed by atoms with E-state index in [9.17, 15) is 14.4 Å². The monoisotopic (exact) mass is 356 g/mol. The van der Waals surface area contributed by atoms with Gasteiger partial charge in [-0.3, -0.25) is 14.4 Å². The minimum atomic E-state index is -0.324. The van der Waals surface area contributed by atoms with Crippen LogP contribution in [0.3, 0.4) is 0 Å². The molecule has 1 aliphatic heterocycles. The fraction of sp³-hybridized carbons (Fsp3) is 0.316. The fourth-order valence-corrected chi connectivity index (χ4v) is 3.60. The topological polar surface area (TPSA) is 66.5 Å². The van der Waals surface area contributed by atoms with Gasteiger partial charge in [0.2, 0.25) is 11.7 Å². The Morgan fingerprint density at radius 3 is 2.40 bits per heavy atom. The first-order valence-corrected chi connectivity index (χ1v) is 9.28. The first kappa shape index (κ1) is 17.4. The molecule has 25 heavy (non-hydrogen) atoms. The van der Waals surface area contributed by atoms with Gasteiger partial charge in [-0.25, -0.2) is 0 Å². The first-order chi connectivity index (χ1) is 12.2. The molecule has 1 saturated heterocycles. The van der Waals surface area contributed by atoms with Gasteiger partial charge in [-0.15, -0.1) is 11.3 Å². The Kier molecular flexibility index (Phi) is 5.60. The Labute approximate surface area is 150 Å². The van der Waals surface area contributed by atoms with Crippen molar-refractivity contribution in [2.75, 3.05) is 19.6 Å². The van der Waals surface area contributed by atoms with Gasteiger partial charge < -0.3 is 10.2 Å². The Morgan fingerprint density at radius 1 is 1.00 bits per heavy atom. The molecule has 1 fully saturated rings. The van der Waals surface area contributed by atoms with E-state index in [1.54, 1.807) is 30.3 Å². The van der Waals surface area contributed by atoms with E-state index < -0.39 is 0 Å². The van der Waals surface area contributed by atoms with Crippen LogP contribution in [0.2, 0.25) is 0 Å². The number of ketones is 1. The molecule has 0 saturated carbocycles. The number of rotatable bonds is 6. The molecule has 130 valence electrons. The van der Waals surface area contributed by atoms with Gasteiger partial charge in [0.15, 0.2) is 0 Å². The van der Waals surface area contributed by atoms with Crippen LogP contribution >= 0.6 is 11.3 Å². The van der Waals surface area contributed by atoms with Crippen molar-refractivity contribution in [3.8, 4) is 0 Å². The molecule has 0 bridgehead atoms. The summed E-state index contributed by atoms with van der Waals surface area (Å²) in [5.74, 6) is -0.413. The van der Waals surface area contributed by atoms with Crippen molar-refractivity contribution in [2.45, 2.75) is 19.3 Å². The van der Waals surface area contributed by atoms with Crippen LogP contribution in [-0.2, 0) is 4.79 Å². The van der Waals surface area contributed by atoms with E-state index in [-0.39, 0.29) is 30.6 Å². The number of likely N-dealkylation sites (tertiary alicyclic amines) is 1. The lowest BCUT2D eigenvalue weighted by atomic mass is 10.0. The third kappa shape index (κ3) is 4.14. The SMILES string of the molecule is O=C(NCCC(=O)N1CCCC1)c1ccccc1C(=O)c1cccs1. The highest BCUT2D eigenvalue weighted by molar-refractivity contribution is 7.12. The van der Waals surface area contributed by atoms with Gasteiger partial charge in [0, 0.05) is 31.6 Å². The minimum absolute atomic E-state index is 0.0701. The molecule has 0 aliphatic carbocycles. The second-order valence-electron chi connectivity index (χ2n) is 5.95. The zero-order valence-electron chi connectivity index (χ0n) is 13.9. The molecular formula is C19H20N2O3S. The summed E-state index contributed by atoms with van der Waals surface area (Å²) in [5.41, 5.74) is 0.725. The molecule has 3 rings (SSSR count). The maximum absolute atomic E-state index is 12.6. The van der Waals surface area contributed by atoms with Crippen LogP contribution in [0.5, 0.6) is 0 Å². The van der Waals surface area contributed by atoms with E-state index in [0.29, 0.717) is 16.0 Å². The molecule has 0 spiro atoms. The van der Waals surface area contributed by atoms with Crippen LogP contribution in [0.25, 0.3) is 0 Å². The number of hydrogen-bond donors (Lipinski definition) is 1. The smallest absolute Gasteiger partial charge is 0.252 e. The minimum Gasteiger partial charge on any atom is -0.351 e. The van der Waals surface area contributed by atoms with E-state index in [1.165, 1.54) is 11.3 Å². The van der Waals surface area contributed by atoms with Gasteiger partial charge in [0.1, 0.15) is 0 Å². The van der Waals surface area contributed by atoms with Crippen molar-refractivity contribution in [2.24, 2.45) is 0 Å². The zero-order chi connectivity index (χ0) is 17.6. The standard InChI is InChI=1S/C19H20N2O3S/c22-17(21-11-3-4-12-21)9-10-20-19(24)15-7-2-1-6-14(15)18(23)16-8-5-13-25-16/h1-2,5-8,13H,3-4,9-12H2,(H,20,24). The van der Waals surface area contributed by atoms with Crippen LogP contribution in [0.4, 0.5) is 0 Å². The van der Waals surface area contributed by atoms with Crippen LogP contribution in [-0.4, -0.2) is 42.1 Å². The van der Waals surface area contributed by atoms with E-state index in [4.69, 9.17) is 0 Å². The Hall–Kier alpha value is -2.47.